The maximum absolute atomic E-state index is 6.05. The predicted octanol–water partition coefficient (Wildman–Crippen LogP) is 6.80. The van der Waals surface area contributed by atoms with E-state index < -0.39 is 6.29 Å². The molecule has 44 heavy (non-hydrogen) atoms. The number of aryl methyl sites for hydroxylation is 1. The predicted molar refractivity (Wildman–Crippen MR) is 170 cm³/mol. The van der Waals surface area contributed by atoms with E-state index in [1.807, 2.05) is 50.4 Å². The number of hydrogen-bond acceptors (Lipinski definition) is 8. The van der Waals surface area contributed by atoms with Crippen LogP contribution in [0.4, 0.5) is 0 Å². The zero-order valence-corrected chi connectivity index (χ0v) is 25.3. The first kappa shape index (κ1) is 29.3. The molecule has 0 amide bonds. The summed E-state index contributed by atoms with van der Waals surface area (Å²) in [6.07, 6.45) is 5.99. The van der Waals surface area contributed by atoms with Crippen LogP contribution in [0.2, 0.25) is 0 Å². The number of imidazole rings is 1. The second-order valence-electron chi connectivity index (χ2n) is 10.5. The van der Waals surface area contributed by atoms with Crippen LogP contribution in [0.15, 0.2) is 79.1 Å². The Morgan fingerprint density at radius 2 is 1.64 bits per heavy atom. The van der Waals surface area contributed by atoms with Crippen LogP contribution in [0.5, 0.6) is 0 Å². The van der Waals surface area contributed by atoms with Crippen molar-refractivity contribution < 1.29 is 9.47 Å². The lowest BCUT2D eigenvalue weighted by atomic mass is 9.98. The summed E-state index contributed by atoms with van der Waals surface area (Å²) in [6, 6.07) is 22.8. The molecule has 1 N–H and O–H groups in total. The Labute approximate surface area is 256 Å². The van der Waals surface area contributed by atoms with Gasteiger partial charge in [0.1, 0.15) is 17.0 Å². The van der Waals surface area contributed by atoms with Gasteiger partial charge in [-0.1, -0.05) is 67.9 Å². The Hall–Kier alpha value is -4.80. The van der Waals surface area contributed by atoms with Crippen molar-refractivity contribution in [1.29, 1.82) is 0 Å². The van der Waals surface area contributed by atoms with E-state index >= 15 is 0 Å². The minimum absolute atomic E-state index is 0.500. The van der Waals surface area contributed by atoms with Crippen LogP contribution in [0.25, 0.3) is 44.8 Å². The molecule has 224 valence electrons. The van der Waals surface area contributed by atoms with Gasteiger partial charge in [-0.25, -0.2) is 15.1 Å². The van der Waals surface area contributed by atoms with Crippen molar-refractivity contribution in [3.8, 4) is 33.6 Å². The number of tetrazole rings is 1. The van der Waals surface area contributed by atoms with Crippen LogP contribution in [0.1, 0.15) is 57.0 Å². The quantitative estimate of drug-likeness (QED) is 0.146. The van der Waals surface area contributed by atoms with E-state index in [2.05, 4.69) is 73.5 Å². The first-order chi connectivity index (χ1) is 21.7. The molecule has 0 spiro atoms. The largest absolute Gasteiger partial charge is 0.347 e. The first-order valence-electron chi connectivity index (χ1n) is 15.2. The summed E-state index contributed by atoms with van der Waals surface area (Å²) < 4.78 is 14.3. The number of unbranched alkanes of at least 4 members (excludes halogenated alkanes) is 1. The molecular weight excluding hydrogens is 552 g/mol. The molecule has 4 aromatic heterocycles. The summed E-state index contributed by atoms with van der Waals surface area (Å²) >= 11 is 0. The number of fused-ring (bicyclic) bond motifs is 1. The molecule has 0 aliphatic rings. The van der Waals surface area contributed by atoms with Gasteiger partial charge in [-0.15, -0.1) is 5.10 Å². The van der Waals surface area contributed by atoms with E-state index in [9.17, 15) is 0 Å². The molecule has 0 saturated heterocycles. The van der Waals surface area contributed by atoms with E-state index in [1.165, 1.54) is 0 Å². The first-order valence-corrected chi connectivity index (χ1v) is 15.2. The minimum atomic E-state index is -0.606. The molecule has 2 aromatic carbocycles. The maximum Gasteiger partial charge on any atom is 0.201 e. The van der Waals surface area contributed by atoms with Crippen molar-refractivity contribution in [2.24, 2.45) is 0 Å². The van der Waals surface area contributed by atoms with Gasteiger partial charge in [0.2, 0.25) is 6.29 Å². The number of ether oxygens (including phenoxy) is 2. The fourth-order valence-electron chi connectivity index (χ4n) is 5.43. The van der Waals surface area contributed by atoms with Gasteiger partial charge in [-0.05, 0) is 59.5 Å². The molecule has 0 aliphatic heterocycles. The van der Waals surface area contributed by atoms with Gasteiger partial charge in [0.25, 0.3) is 0 Å². The topological polar surface area (TPSA) is 117 Å². The molecule has 0 aliphatic carbocycles. The number of nitrogens with zero attached hydrogens (tertiary/aromatic N) is 7. The summed E-state index contributed by atoms with van der Waals surface area (Å²) in [5, 5.41) is 14.5. The van der Waals surface area contributed by atoms with Crippen LogP contribution in [-0.4, -0.2) is 53.4 Å². The van der Waals surface area contributed by atoms with Crippen molar-refractivity contribution in [1.82, 2.24) is 40.1 Å². The highest BCUT2D eigenvalue weighted by Gasteiger charge is 2.23. The number of aromatic amines is 1. The lowest BCUT2D eigenvalue weighted by molar-refractivity contribution is -0.142. The third-order valence-electron chi connectivity index (χ3n) is 7.55. The number of H-pyrrole nitrogens is 1. The second kappa shape index (κ2) is 13.7. The Bertz CT molecular complexity index is 1800. The second-order valence-corrected chi connectivity index (χ2v) is 10.5. The fraction of sp³-hybridized carbons (Fsp3) is 0.294. The SMILES string of the molecule is CCCCc1nc2cc(-c3cccnc3)c(C(OCC)OCC)nc2n1Cc1ccc(-c2ccccc2-c2nnn[nH]2)cc1. The van der Waals surface area contributed by atoms with Crippen molar-refractivity contribution >= 4 is 11.2 Å². The average molecular weight is 589 g/mol. The van der Waals surface area contributed by atoms with Gasteiger partial charge in [-0.3, -0.25) is 4.98 Å². The Balaban J connectivity index is 1.41. The summed E-state index contributed by atoms with van der Waals surface area (Å²) in [7, 11) is 0. The number of aromatic nitrogens is 8. The number of rotatable bonds is 13. The van der Waals surface area contributed by atoms with Gasteiger partial charge >= 0.3 is 0 Å². The minimum Gasteiger partial charge on any atom is -0.347 e. The molecule has 0 unspecified atom stereocenters. The summed E-state index contributed by atoms with van der Waals surface area (Å²) in [4.78, 5) is 14.7. The molecule has 10 nitrogen and oxygen atoms in total. The van der Waals surface area contributed by atoms with Gasteiger partial charge in [0.05, 0.1) is 6.54 Å². The fourth-order valence-corrected chi connectivity index (χ4v) is 5.43. The number of nitrogens with one attached hydrogen (secondary N) is 1. The van der Waals surface area contributed by atoms with E-state index in [-0.39, 0.29) is 0 Å². The lowest BCUT2D eigenvalue weighted by Gasteiger charge is -2.20. The van der Waals surface area contributed by atoms with Gasteiger partial charge in [-0.2, -0.15) is 0 Å². The molecule has 0 fully saturated rings. The molecule has 0 radical (unpaired) electrons. The van der Waals surface area contributed by atoms with Gasteiger partial charge in [0, 0.05) is 48.7 Å². The molecular formula is C34H36N8O2. The van der Waals surface area contributed by atoms with Crippen LogP contribution < -0.4 is 0 Å². The van der Waals surface area contributed by atoms with Crippen molar-refractivity contribution in [3.63, 3.8) is 0 Å². The third kappa shape index (κ3) is 6.13. The van der Waals surface area contributed by atoms with E-state index in [0.29, 0.717) is 25.6 Å². The molecule has 6 rings (SSSR count). The smallest absolute Gasteiger partial charge is 0.201 e. The highest BCUT2D eigenvalue weighted by Crippen LogP contribution is 2.34. The molecule has 0 saturated carbocycles. The van der Waals surface area contributed by atoms with Crippen molar-refractivity contribution in [3.05, 3.63) is 96.2 Å². The highest BCUT2D eigenvalue weighted by atomic mass is 16.7. The van der Waals surface area contributed by atoms with Crippen LogP contribution in [0.3, 0.4) is 0 Å². The number of benzene rings is 2. The summed E-state index contributed by atoms with van der Waals surface area (Å²) in [6.45, 7) is 7.76. The zero-order valence-electron chi connectivity index (χ0n) is 25.3. The van der Waals surface area contributed by atoms with Crippen LogP contribution in [-0.2, 0) is 22.4 Å². The van der Waals surface area contributed by atoms with E-state index in [0.717, 1.165) is 75.3 Å². The summed E-state index contributed by atoms with van der Waals surface area (Å²) in [5.41, 5.74) is 8.49. The average Bonchev–Trinajstić information content (AvgIpc) is 3.72. The lowest BCUT2D eigenvalue weighted by Crippen LogP contribution is -2.13. The van der Waals surface area contributed by atoms with Crippen molar-refractivity contribution in [2.75, 3.05) is 13.2 Å². The third-order valence-corrected chi connectivity index (χ3v) is 7.55. The normalized spacial score (nSPS) is 11.5. The molecule has 6 aromatic rings. The monoisotopic (exact) mass is 588 g/mol. The van der Waals surface area contributed by atoms with Crippen molar-refractivity contribution in [2.45, 2.75) is 52.9 Å². The van der Waals surface area contributed by atoms with Gasteiger partial charge < -0.3 is 14.0 Å². The molecule has 10 heteroatoms. The van der Waals surface area contributed by atoms with Crippen LogP contribution in [0, 0.1) is 0 Å². The van der Waals surface area contributed by atoms with E-state index in [4.69, 9.17) is 19.4 Å². The maximum atomic E-state index is 6.05. The molecule has 0 atom stereocenters. The van der Waals surface area contributed by atoms with Crippen LogP contribution >= 0.6 is 0 Å². The Kier molecular flexibility index (Phi) is 9.09. The molecule has 4 heterocycles. The standard InChI is InChI=1S/C34H36N8O2/c1-4-7-14-30-36-29-20-28(25-11-10-19-35-21-25)31(34(43-5-2)44-6-3)37-33(29)42(30)22-23-15-17-24(18-16-23)26-12-8-9-13-27(26)32-38-40-41-39-32/h8-13,15-21,34H,4-7,14,22H2,1-3H3,(H,38,39,40,41). The Morgan fingerprint density at radius 1 is 0.841 bits per heavy atom. The zero-order chi connectivity index (χ0) is 30.3. The highest BCUT2D eigenvalue weighted by molar-refractivity contribution is 5.82. The summed E-state index contributed by atoms with van der Waals surface area (Å²) in [5.74, 6) is 1.65. The number of hydrogen-bond donors (Lipinski definition) is 1. The molecule has 0 bridgehead atoms. The van der Waals surface area contributed by atoms with E-state index in [1.54, 1.807) is 6.20 Å². The number of pyridine rings is 2. The van der Waals surface area contributed by atoms with Gasteiger partial charge in [0.15, 0.2) is 11.5 Å². The Morgan fingerprint density at radius 3 is 2.32 bits per heavy atom.